The summed E-state index contributed by atoms with van der Waals surface area (Å²) in [4.78, 5) is 12.9. The Balaban J connectivity index is 2.25. The number of halogens is 1. The van der Waals surface area contributed by atoms with Gasteiger partial charge in [0, 0.05) is 23.0 Å². The van der Waals surface area contributed by atoms with Crippen molar-refractivity contribution in [1.29, 1.82) is 0 Å². The zero-order valence-corrected chi connectivity index (χ0v) is 9.81. The van der Waals surface area contributed by atoms with Crippen molar-refractivity contribution in [1.82, 2.24) is 20.3 Å². The first-order valence-corrected chi connectivity index (χ1v) is 5.63. The van der Waals surface area contributed by atoms with Gasteiger partial charge in [0.2, 0.25) is 0 Å². The predicted octanol–water partition coefficient (Wildman–Crippen LogP) is 2.04. The fraction of sp³-hybridized carbons (Fsp3) is 0.154. The summed E-state index contributed by atoms with van der Waals surface area (Å²) in [6.07, 6.45) is 1.74. The number of hydrogen-bond donors (Lipinski definition) is 1. The van der Waals surface area contributed by atoms with Crippen LogP contribution in [0.5, 0.6) is 0 Å². The lowest BCUT2D eigenvalue weighted by atomic mass is 10.2. The van der Waals surface area contributed by atoms with E-state index in [2.05, 4.69) is 20.3 Å². The van der Waals surface area contributed by atoms with Crippen molar-refractivity contribution in [2.75, 3.05) is 7.05 Å². The Kier molecular flexibility index (Phi) is 2.60. The second-order valence-electron chi connectivity index (χ2n) is 4.05. The molecule has 0 spiro atoms. The van der Waals surface area contributed by atoms with E-state index in [1.807, 2.05) is 13.1 Å². The molecule has 0 aliphatic heterocycles. The lowest BCUT2D eigenvalue weighted by Gasteiger charge is -2.03. The van der Waals surface area contributed by atoms with Crippen LogP contribution in [0.1, 0.15) is 5.82 Å². The summed E-state index contributed by atoms with van der Waals surface area (Å²) in [6, 6.07) is 6.46. The zero-order chi connectivity index (χ0) is 12.5. The largest absolute Gasteiger partial charge is 0.313 e. The van der Waals surface area contributed by atoms with Crippen molar-refractivity contribution in [3.63, 3.8) is 0 Å². The molecular weight excluding hydrogens is 231 g/mol. The van der Waals surface area contributed by atoms with Gasteiger partial charge in [0.1, 0.15) is 11.6 Å². The molecule has 1 N–H and O–H groups in total. The summed E-state index contributed by atoms with van der Waals surface area (Å²) in [5, 5.41) is 4.72. The zero-order valence-electron chi connectivity index (χ0n) is 9.81. The van der Waals surface area contributed by atoms with Crippen molar-refractivity contribution in [3.05, 3.63) is 42.1 Å². The van der Waals surface area contributed by atoms with E-state index in [9.17, 15) is 4.39 Å². The van der Waals surface area contributed by atoms with Crippen molar-refractivity contribution < 1.29 is 4.39 Å². The Morgan fingerprint density at radius 1 is 1.17 bits per heavy atom. The van der Waals surface area contributed by atoms with Gasteiger partial charge in [-0.15, -0.1) is 0 Å². The van der Waals surface area contributed by atoms with E-state index in [0.29, 0.717) is 23.5 Å². The van der Waals surface area contributed by atoms with Crippen LogP contribution in [0.4, 0.5) is 4.39 Å². The van der Waals surface area contributed by atoms with Gasteiger partial charge >= 0.3 is 0 Å². The molecule has 1 aromatic carbocycles. The molecule has 5 heteroatoms. The molecule has 2 heterocycles. The van der Waals surface area contributed by atoms with Gasteiger partial charge in [0.05, 0.1) is 12.1 Å². The number of benzene rings is 1. The lowest BCUT2D eigenvalue weighted by Crippen LogP contribution is -2.09. The Bertz CT molecular complexity index is 727. The number of hydrogen-bond acceptors (Lipinski definition) is 4. The molecule has 0 amide bonds. The van der Waals surface area contributed by atoms with Crippen LogP contribution >= 0.6 is 0 Å². The molecule has 18 heavy (non-hydrogen) atoms. The highest BCUT2D eigenvalue weighted by Crippen LogP contribution is 2.18. The highest BCUT2D eigenvalue weighted by atomic mass is 19.1. The van der Waals surface area contributed by atoms with Crippen LogP contribution in [-0.4, -0.2) is 22.0 Å². The van der Waals surface area contributed by atoms with Crippen molar-refractivity contribution >= 4 is 21.9 Å². The minimum atomic E-state index is -0.293. The SMILES string of the molecule is CNCc1ncc2cc3ccc(F)cc3nc2n1. The summed E-state index contributed by atoms with van der Waals surface area (Å²) >= 11 is 0. The third kappa shape index (κ3) is 1.89. The van der Waals surface area contributed by atoms with Gasteiger partial charge < -0.3 is 5.32 Å². The van der Waals surface area contributed by atoms with Crippen LogP contribution in [0, 0.1) is 5.82 Å². The van der Waals surface area contributed by atoms with Crippen LogP contribution in [0.25, 0.3) is 21.9 Å². The molecule has 90 valence electrons. The smallest absolute Gasteiger partial charge is 0.163 e. The average Bonchev–Trinajstić information content (AvgIpc) is 2.36. The predicted molar refractivity (Wildman–Crippen MR) is 67.6 cm³/mol. The maximum absolute atomic E-state index is 13.2. The first-order valence-electron chi connectivity index (χ1n) is 5.63. The number of aromatic nitrogens is 3. The standard InChI is InChI=1S/C13H11FN4/c1-15-7-12-16-6-9-4-8-2-3-10(14)5-11(8)17-13(9)18-12/h2-6,15H,7H2,1H3. The van der Waals surface area contributed by atoms with Crippen molar-refractivity contribution in [2.24, 2.45) is 0 Å². The molecule has 0 saturated carbocycles. The van der Waals surface area contributed by atoms with Crippen molar-refractivity contribution in [2.45, 2.75) is 6.54 Å². The van der Waals surface area contributed by atoms with Crippen LogP contribution < -0.4 is 5.32 Å². The van der Waals surface area contributed by atoms with E-state index >= 15 is 0 Å². The molecule has 0 bridgehead atoms. The van der Waals surface area contributed by atoms with Gasteiger partial charge in [-0.3, -0.25) is 0 Å². The van der Waals surface area contributed by atoms with Gasteiger partial charge in [0.15, 0.2) is 5.65 Å². The Morgan fingerprint density at radius 3 is 2.89 bits per heavy atom. The van der Waals surface area contributed by atoms with Gasteiger partial charge in [-0.05, 0) is 25.2 Å². The lowest BCUT2D eigenvalue weighted by molar-refractivity contribution is 0.629. The van der Waals surface area contributed by atoms with Gasteiger partial charge in [-0.1, -0.05) is 0 Å². The molecule has 4 nitrogen and oxygen atoms in total. The van der Waals surface area contributed by atoms with E-state index < -0.39 is 0 Å². The Hall–Kier alpha value is -2.14. The second kappa shape index (κ2) is 4.27. The van der Waals surface area contributed by atoms with Crippen LogP contribution in [0.15, 0.2) is 30.5 Å². The molecular formula is C13H11FN4. The van der Waals surface area contributed by atoms with Crippen molar-refractivity contribution in [3.8, 4) is 0 Å². The molecule has 3 aromatic rings. The van der Waals surface area contributed by atoms with E-state index in [1.165, 1.54) is 12.1 Å². The molecule has 0 atom stereocenters. The third-order valence-corrected chi connectivity index (χ3v) is 2.71. The van der Waals surface area contributed by atoms with Crippen LogP contribution in [-0.2, 0) is 6.54 Å². The number of nitrogens with zero attached hydrogens (tertiary/aromatic N) is 3. The summed E-state index contributed by atoms with van der Waals surface area (Å²) in [5.74, 6) is 0.382. The highest BCUT2D eigenvalue weighted by Gasteiger charge is 2.04. The number of fused-ring (bicyclic) bond motifs is 2. The quantitative estimate of drug-likeness (QED) is 0.699. The monoisotopic (exact) mass is 242 g/mol. The molecule has 0 aliphatic carbocycles. The topological polar surface area (TPSA) is 50.7 Å². The van der Waals surface area contributed by atoms with E-state index in [0.717, 1.165) is 10.8 Å². The van der Waals surface area contributed by atoms with Gasteiger partial charge in [-0.2, -0.15) is 0 Å². The number of pyridine rings is 1. The first-order chi connectivity index (χ1) is 8.76. The highest BCUT2D eigenvalue weighted by molar-refractivity contribution is 5.90. The second-order valence-corrected chi connectivity index (χ2v) is 4.05. The van der Waals surface area contributed by atoms with Crippen LogP contribution in [0.3, 0.4) is 0 Å². The summed E-state index contributed by atoms with van der Waals surface area (Å²) in [7, 11) is 1.83. The molecule has 0 aliphatic rings. The fourth-order valence-electron chi connectivity index (χ4n) is 1.87. The number of rotatable bonds is 2. The molecule has 0 radical (unpaired) electrons. The molecule has 0 saturated heterocycles. The Morgan fingerprint density at radius 2 is 2.06 bits per heavy atom. The fourth-order valence-corrected chi connectivity index (χ4v) is 1.87. The normalized spacial score (nSPS) is 11.2. The maximum Gasteiger partial charge on any atom is 0.163 e. The van der Waals surface area contributed by atoms with E-state index in [4.69, 9.17) is 0 Å². The summed E-state index contributed by atoms with van der Waals surface area (Å²) in [5.41, 5.74) is 1.20. The minimum absolute atomic E-state index is 0.293. The average molecular weight is 242 g/mol. The third-order valence-electron chi connectivity index (χ3n) is 2.71. The number of nitrogens with one attached hydrogen (secondary N) is 1. The van der Waals surface area contributed by atoms with E-state index in [1.54, 1.807) is 12.3 Å². The summed E-state index contributed by atoms with van der Waals surface area (Å²) < 4.78 is 13.2. The molecule has 3 rings (SSSR count). The first kappa shape index (κ1) is 11.0. The minimum Gasteiger partial charge on any atom is -0.313 e. The maximum atomic E-state index is 13.2. The van der Waals surface area contributed by atoms with Gasteiger partial charge in [-0.25, -0.2) is 19.3 Å². The molecule has 2 aromatic heterocycles. The van der Waals surface area contributed by atoms with E-state index in [-0.39, 0.29) is 5.82 Å². The van der Waals surface area contributed by atoms with Gasteiger partial charge in [0.25, 0.3) is 0 Å². The van der Waals surface area contributed by atoms with Crippen LogP contribution in [0.2, 0.25) is 0 Å². The molecule has 0 fully saturated rings. The Labute approximate surface area is 103 Å². The summed E-state index contributed by atoms with van der Waals surface area (Å²) in [6.45, 7) is 0.582. The molecule has 0 unspecified atom stereocenters.